The third-order valence-electron chi connectivity index (χ3n) is 4.61. The van der Waals surface area contributed by atoms with E-state index in [1.165, 1.54) is 32.2 Å². The van der Waals surface area contributed by atoms with Gasteiger partial charge in [-0.05, 0) is 49.2 Å². The number of nitrogens with zero attached hydrogens (tertiary/aromatic N) is 2. The largest absolute Gasteiger partial charge is 0.493 e. The number of aromatic nitrogens is 1. The minimum absolute atomic E-state index is 0. The summed E-state index contributed by atoms with van der Waals surface area (Å²) >= 11 is 0. The highest BCUT2D eigenvalue weighted by molar-refractivity contribution is 6.07. The molecule has 0 spiro atoms. The van der Waals surface area contributed by atoms with Crippen LogP contribution in [0, 0.1) is 25.2 Å². The number of hydrogen-bond donors (Lipinski definition) is 1. The van der Waals surface area contributed by atoms with Crippen molar-refractivity contribution in [2.45, 2.75) is 33.9 Å². The zero-order valence-electron chi connectivity index (χ0n) is 19.4. The summed E-state index contributed by atoms with van der Waals surface area (Å²) in [5, 5.41) is 11.6. The first kappa shape index (κ1) is 26.2. The smallest absolute Gasteiger partial charge is 0.418 e. The molecule has 6 nitrogen and oxygen atoms in total. The molecule has 1 amide bonds. The van der Waals surface area contributed by atoms with Crippen LogP contribution in [-0.4, -0.2) is 18.0 Å². The van der Waals surface area contributed by atoms with Gasteiger partial charge < -0.3 is 14.8 Å². The molecule has 0 bridgehead atoms. The Balaban J connectivity index is 0.00000199. The second-order valence-corrected chi connectivity index (χ2v) is 6.88. The van der Waals surface area contributed by atoms with E-state index in [1.807, 2.05) is 32.9 Å². The molecule has 0 aliphatic rings. The number of rotatable bonds is 5. The zero-order chi connectivity index (χ0) is 25.5. The average molecular weight is 473 g/mol. The number of amides is 1. The maximum Gasteiger partial charge on any atom is 0.418 e. The molecule has 180 valence electrons. The molecular weight excluding hydrogens is 447 g/mol. The predicted molar refractivity (Wildman–Crippen MR) is 124 cm³/mol. The lowest BCUT2D eigenvalue weighted by atomic mass is 10.0. The fourth-order valence-corrected chi connectivity index (χ4v) is 3.05. The molecule has 1 N–H and O–H groups in total. The van der Waals surface area contributed by atoms with Gasteiger partial charge in [0.2, 0.25) is 5.88 Å². The Morgan fingerprint density at radius 1 is 1.12 bits per heavy atom. The van der Waals surface area contributed by atoms with Crippen LogP contribution in [0.3, 0.4) is 0 Å². The third-order valence-corrected chi connectivity index (χ3v) is 4.61. The fourth-order valence-electron chi connectivity index (χ4n) is 3.05. The summed E-state index contributed by atoms with van der Waals surface area (Å²) < 4.78 is 51.3. The lowest BCUT2D eigenvalue weighted by Gasteiger charge is -2.18. The minimum Gasteiger partial charge on any atom is -0.493 e. The van der Waals surface area contributed by atoms with Gasteiger partial charge in [0.1, 0.15) is 5.56 Å². The number of benzene rings is 2. The third kappa shape index (κ3) is 6.04. The number of nitriles is 1. The topological polar surface area (TPSA) is 84.2 Å². The Morgan fingerprint density at radius 3 is 2.41 bits per heavy atom. The second kappa shape index (κ2) is 11.2. The highest BCUT2D eigenvalue weighted by Gasteiger charge is 2.36. The number of methoxy groups -OCH3 is 1. The Bertz CT molecular complexity index is 1220. The zero-order valence-corrected chi connectivity index (χ0v) is 19.4. The van der Waals surface area contributed by atoms with Crippen LogP contribution in [-0.2, 0) is 6.18 Å². The highest BCUT2D eigenvalue weighted by atomic mass is 19.4. The first-order valence-electron chi connectivity index (χ1n) is 10.3. The molecule has 34 heavy (non-hydrogen) atoms. The monoisotopic (exact) mass is 473 g/mol. The molecule has 0 radical (unpaired) electrons. The van der Waals surface area contributed by atoms with Crippen LogP contribution in [0.1, 0.15) is 47.9 Å². The van der Waals surface area contributed by atoms with Crippen molar-refractivity contribution in [3.05, 3.63) is 76.5 Å². The van der Waals surface area contributed by atoms with Gasteiger partial charge in [-0.3, -0.25) is 4.79 Å². The van der Waals surface area contributed by atoms with Gasteiger partial charge in [0, 0.05) is 19.4 Å². The van der Waals surface area contributed by atoms with Crippen molar-refractivity contribution >= 4 is 11.6 Å². The lowest BCUT2D eigenvalue weighted by molar-refractivity contribution is -0.138. The van der Waals surface area contributed by atoms with Gasteiger partial charge >= 0.3 is 6.18 Å². The molecule has 0 unspecified atom stereocenters. The number of ether oxygens (including phenoxy) is 2. The van der Waals surface area contributed by atoms with E-state index in [0.29, 0.717) is 17.4 Å². The molecule has 0 aliphatic heterocycles. The Kier molecular flexibility index (Phi) is 8.62. The number of nitrogens with one attached hydrogen (secondary N) is 1. The number of carbonyl (C=O) groups excluding carboxylic acids is 1. The van der Waals surface area contributed by atoms with Crippen molar-refractivity contribution in [1.82, 2.24) is 4.98 Å². The van der Waals surface area contributed by atoms with Gasteiger partial charge in [-0.2, -0.15) is 18.4 Å². The first-order valence-corrected chi connectivity index (χ1v) is 10.3. The number of halogens is 3. The Hall–Kier alpha value is -4.06. The standard InChI is InChI=1S/C23H18F3N3O3.C2H6.H2/c1-13-5-4-6-16(9-13)29-21(30)20-14(2)17(23(24,25)26)12-28-22(20)32-18-8-7-15(11-27)10-19(18)31-3;1-2;/h4-10,12H,1-3H3,(H,29,30);1-2H3;1H. The summed E-state index contributed by atoms with van der Waals surface area (Å²) in [6.45, 7) is 7.00. The first-order chi connectivity index (χ1) is 16.1. The normalized spacial score (nSPS) is 10.4. The second-order valence-electron chi connectivity index (χ2n) is 6.88. The average Bonchev–Trinajstić information content (AvgIpc) is 2.79. The van der Waals surface area contributed by atoms with E-state index in [2.05, 4.69) is 10.3 Å². The van der Waals surface area contributed by atoms with Gasteiger partial charge in [0.25, 0.3) is 5.91 Å². The summed E-state index contributed by atoms with van der Waals surface area (Å²) in [4.78, 5) is 16.8. The van der Waals surface area contributed by atoms with Crippen LogP contribution < -0.4 is 14.8 Å². The quantitative estimate of drug-likeness (QED) is 0.435. The number of hydrogen-bond acceptors (Lipinski definition) is 5. The molecule has 0 fully saturated rings. The Morgan fingerprint density at radius 2 is 1.82 bits per heavy atom. The summed E-state index contributed by atoms with van der Waals surface area (Å²) in [5.74, 6) is -0.894. The number of carbonyl (C=O) groups is 1. The van der Waals surface area contributed by atoms with Crippen molar-refractivity contribution in [1.29, 1.82) is 5.26 Å². The number of anilines is 1. The van der Waals surface area contributed by atoms with Gasteiger partial charge in [0.15, 0.2) is 11.5 Å². The van der Waals surface area contributed by atoms with E-state index in [0.717, 1.165) is 5.56 Å². The van der Waals surface area contributed by atoms with Crippen LogP contribution in [0.2, 0.25) is 0 Å². The molecule has 3 rings (SSSR count). The number of aryl methyl sites for hydroxylation is 1. The van der Waals surface area contributed by atoms with Crippen molar-refractivity contribution in [3.63, 3.8) is 0 Å². The molecule has 0 aliphatic carbocycles. The van der Waals surface area contributed by atoms with Crippen molar-refractivity contribution in [3.8, 4) is 23.4 Å². The van der Waals surface area contributed by atoms with Crippen LogP contribution >= 0.6 is 0 Å². The van der Waals surface area contributed by atoms with Crippen molar-refractivity contribution in [2.24, 2.45) is 0 Å². The molecule has 0 saturated heterocycles. The predicted octanol–water partition coefficient (Wildman–Crippen LogP) is 6.91. The van der Waals surface area contributed by atoms with E-state index in [-0.39, 0.29) is 29.9 Å². The molecule has 0 saturated carbocycles. The van der Waals surface area contributed by atoms with Gasteiger partial charge in [0.05, 0.1) is 24.3 Å². The van der Waals surface area contributed by atoms with E-state index >= 15 is 0 Å². The van der Waals surface area contributed by atoms with Crippen molar-refractivity contribution < 1.29 is 28.9 Å². The summed E-state index contributed by atoms with van der Waals surface area (Å²) in [7, 11) is 1.35. The van der Waals surface area contributed by atoms with E-state index in [4.69, 9.17) is 14.7 Å². The molecule has 9 heteroatoms. The lowest BCUT2D eigenvalue weighted by Crippen LogP contribution is -2.19. The van der Waals surface area contributed by atoms with Gasteiger partial charge in [-0.25, -0.2) is 4.98 Å². The molecule has 1 heterocycles. The SMILES string of the molecule is CC.COc1cc(C#N)ccc1Oc1ncc(C(F)(F)F)c(C)c1C(=O)Nc1cccc(C)c1.[HH]. The number of alkyl halides is 3. The highest BCUT2D eigenvalue weighted by Crippen LogP contribution is 2.38. The van der Waals surface area contributed by atoms with Crippen LogP contribution in [0.4, 0.5) is 18.9 Å². The maximum atomic E-state index is 13.5. The summed E-state index contributed by atoms with van der Waals surface area (Å²) in [6.07, 6.45) is -4.09. The Labute approximate surface area is 197 Å². The fraction of sp³-hybridized carbons (Fsp3) is 0.240. The minimum atomic E-state index is -4.71. The summed E-state index contributed by atoms with van der Waals surface area (Å²) in [5.41, 5.74) is -0.184. The molecule has 2 aromatic carbocycles. The number of pyridine rings is 1. The van der Waals surface area contributed by atoms with Crippen LogP contribution in [0.15, 0.2) is 48.7 Å². The molecule has 3 aromatic rings. The van der Waals surface area contributed by atoms with Crippen LogP contribution in [0.25, 0.3) is 0 Å². The van der Waals surface area contributed by atoms with Crippen molar-refractivity contribution in [2.75, 3.05) is 12.4 Å². The summed E-state index contributed by atoms with van der Waals surface area (Å²) in [6, 6.07) is 13.0. The van der Waals surface area contributed by atoms with Gasteiger partial charge in [-0.15, -0.1) is 0 Å². The molecule has 0 atom stereocenters. The molecular formula is C25H26F3N3O3. The van der Waals surface area contributed by atoms with E-state index < -0.39 is 17.6 Å². The van der Waals surface area contributed by atoms with E-state index in [9.17, 15) is 18.0 Å². The van der Waals surface area contributed by atoms with E-state index in [1.54, 1.807) is 18.2 Å². The van der Waals surface area contributed by atoms with Crippen LogP contribution in [0.5, 0.6) is 17.4 Å². The van der Waals surface area contributed by atoms with Gasteiger partial charge in [-0.1, -0.05) is 26.0 Å². The molecule has 1 aromatic heterocycles. The maximum absolute atomic E-state index is 13.5.